The number of carbonyl (C=O) groups excluding carboxylic acids is 1. The zero-order valence-corrected chi connectivity index (χ0v) is 6.76. The molecule has 0 saturated heterocycles. The number of nitrogens with one attached hydrogen (secondary N) is 2. The van der Waals surface area contributed by atoms with E-state index in [-0.39, 0.29) is 18.0 Å². The molecule has 0 aromatic heterocycles. The quantitative estimate of drug-likeness (QED) is 0.582. The van der Waals surface area contributed by atoms with Gasteiger partial charge in [-0.25, -0.2) is 0 Å². The smallest absolute Gasteiger partial charge is 0.224 e. The van der Waals surface area contributed by atoms with Crippen LogP contribution in [0.4, 0.5) is 0 Å². The number of rotatable bonds is 4. The van der Waals surface area contributed by atoms with Crippen molar-refractivity contribution in [1.82, 2.24) is 10.6 Å². The van der Waals surface area contributed by atoms with Crippen molar-refractivity contribution in [3.8, 4) is 0 Å². The van der Waals surface area contributed by atoms with E-state index in [1.807, 2.05) is 6.92 Å². The zero-order chi connectivity index (χ0) is 8.27. The monoisotopic (exact) mass is 154 g/mol. The Labute approximate surface area is 66.9 Å². The van der Waals surface area contributed by atoms with E-state index in [0.717, 1.165) is 12.8 Å². The van der Waals surface area contributed by atoms with Gasteiger partial charge in [-0.3, -0.25) is 4.79 Å². The summed E-state index contributed by atoms with van der Waals surface area (Å²) in [5.41, 5.74) is 0. The number of hydrogen-bond donors (Lipinski definition) is 2. The third-order valence-electron chi connectivity index (χ3n) is 1.67. The topological polar surface area (TPSA) is 41.1 Å². The van der Waals surface area contributed by atoms with E-state index in [4.69, 9.17) is 0 Å². The summed E-state index contributed by atoms with van der Waals surface area (Å²) in [6.07, 6.45) is 3.68. The van der Waals surface area contributed by atoms with Crippen LogP contribution < -0.4 is 10.6 Å². The van der Waals surface area contributed by atoms with Crippen LogP contribution in [0.25, 0.3) is 0 Å². The van der Waals surface area contributed by atoms with Crippen molar-refractivity contribution in [2.45, 2.75) is 25.9 Å². The number of carbonyl (C=O) groups is 1. The fourth-order valence-electron chi connectivity index (χ4n) is 0.895. The van der Waals surface area contributed by atoms with E-state index < -0.39 is 0 Å². The Morgan fingerprint density at radius 2 is 2.36 bits per heavy atom. The van der Waals surface area contributed by atoms with Gasteiger partial charge in [-0.1, -0.05) is 6.58 Å². The Morgan fingerprint density at radius 3 is 2.82 bits per heavy atom. The van der Waals surface area contributed by atoms with Crippen molar-refractivity contribution in [3.63, 3.8) is 0 Å². The van der Waals surface area contributed by atoms with Gasteiger partial charge >= 0.3 is 0 Å². The van der Waals surface area contributed by atoms with E-state index in [9.17, 15) is 4.79 Å². The highest BCUT2D eigenvalue weighted by Crippen LogP contribution is 2.28. The lowest BCUT2D eigenvalue weighted by Gasteiger charge is -2.12. The van der Waals surface area contributed by atoms with Gasteiger partial charge in [0.25, 0.3) is 0 Å². The molecule has 11 heavy (non-hydrogen) atoms. The van der Waals surface area contributed by atoms with Crippen molar-refractivity contribution in [1.29, 1.82) is 0 Å². The highest BCUT2D eigenvalue weighted by atomic mass is 16.2. The van der Waals surface area contributed by atoms with Crippen LogP contribution in [0.2, 0.25) is 0 Å². The van der Waals surface area contributed by atoms with Crippen molar-refractivity contribution < 1.29 is 4.79 Å². The van der Waals surface area contributed by atoms with Crippen molar-refractivity contribution in [3.05, 3.63) is 12.8 Å². The van der Waals surface area contributed by atoms with Gasteiger partial charge in [-0.15, -0.1) is 0 Å². The molecule has 1 aliphatic rings. The van der Waals surface area contributed by atoms with Gasteiger partial charge < -0.3 is 10.6 Å². The van der Waals surface area contributed by atoms with Gasteiger partial charge in [-0.2, -0.15) is 0 Å². The molecule has 0 spiro atoms. The van der Waals surface area contributed by atoms with E-state index in [1.54, 1.807) is 6.20 Å². The zero-order valence-electron chi connectivity index (χ0n) is 6.76. The van der Waals surface area contributed by atoms with Crippen LogP contribution in [0, 0.1) is 5.92 Å². The molecule has 0 aromatic carbocycles. The van der Waals surface area contributed by atoms with E-state index >= 15 is 0 Å². The molecule has 0 radical (unpaired) electrons. The molecule has 0 aromatic rings. The molecule has 1 aliphatic carbocycles. The second-order valence-corrected chi connectivity index (χ2v) is 2.88. The SMILES string of the molecule is C=CNC(C)NC(=O)C1CC1. The summed E-state index contributed by atoms with van der Waals surface area (Å²) in [4.78, 5) is 11.1. The predicted molar refractivity (Wildman–Crippen MR) is 43.7 cm³/mol. The van der Waals surface area contributed by atoms with E-state index in [2.05, 4.69) is 17.2 Å². The molecule has 1 unspecified atom stereocenters. The molecule has 1 saturated carbocycles. The van der Waals surface area contributed by atoms with Gasteiger partial charge in [-0.05, 0) is 26.0 Å². The summed E-state index contributed by atoms with van der Waals surface area (Å²) in [7, 11) is 0. The molecule has 1 fully saturated rings. The summed E-state index contributed by atoms with van der Waals surface area (Å²) >= 11 is 0. The Bertz CT molecular complexity index is 163. The van der Waals surface area contributed by atoms with Crippen LogP contribution in [-0.4, -0.2) is 12.1 Å². The van der Waals surface area contributed by atoms with Gasteiger partial charge in [0.1, 0.15) is 0 Å². The van der Waals surface area contributed by atoms with Crippen LogP contribution in [0.15, 0.2) is 12.8 Å². The molecule has 0 bridgehead atoms. The minimum atomic E-state index is 0.000556. The standard InChI is InChI=1S/C8H14N2O/c1-3-9-6(2)10-8(11)7-4-5-7/h3,6-7,9H,1,4-5H2,2H3,(H,10,11). The first-order valence-electron chi connectivity index (χ1n) is 3.91. The maximum atomic E-state index is 11.1. The second-order valence-electron chi connectivity index (χ2n) is 2.88. The predicted octanol–water partition coefficient (Wildman–Crippen LogP) is 0.592. The van der Waals surface area contributed by atoms with Crippen LogP contribution in [-0.2, 0) is 4.79 Å². The molecule has 3 nitrogen and oxygen atoms in total. The summed E-state index contributed by atoms with van der Waals surface area (Å²) < 4.78 is 0. The molecule has 0 heterocycles. The first-order chi connectivity index (χ1) is 5.24. The van der Waals surface area contributed by atoms with Crippen molar-refractivity contribution in [2.75, 3.05) is 0 Å². The molecule has 1 amide bonds. The van der Waals surface area contributed by atoms with Crippen molar-refractivity contribution in [2.24, 2.45) is 5.92 Å². The normalized spacial score (nSPS) is 18.6. The van der Waals surface area contributed by atoms with E-state index in [0.29, 0.717) is 0 Å². The lowest BCUT2D eigenvalue weighted by atomic mass is 10.4. The lowest BCUT2D eigenvalue weighted by molar-refractivity contribution is -0.123. The van der Waals surface area contributed by atoms with Gasteiger partial charge in [0.15, 0.2) is 0 Å². The number of amides is 1. The summed E-state index contributed by atoms with van der Waals surface area (Å²) in [5, 5.41) is 5.71. The number of hydrogen-bond acceptors (Lipinski definition) is 2. The Balaban J connectivity index is 2.17. The maximum absolute atomic E-state index is 11.1. The summed E-state index contributed by atoms with van der Waals surface area (Å²) in [6, 6.07) is 0. The average Bonchev–Trinajstić information content (AvgIpc) is 2.67. The van der Waals surface area contributed by atoms with Crippen LogP contribution in [0.5, 0.6) is 0 Å². The van der Waals surface area contributed by atoms with Gasteiger partial charge in [0.2, 0.25) is 5.91 Å². The minimum absolute atomic E-state index is 0.000556. The minimum Gasteiger partial charge on any atom is -0.372 e. The van der Waals surface area contributed by atoms with Gasteiger partial charge in [0, 0.05) is 5.92 Å². The Morgan fingerprint density at radius 1 is 1.73 bits per heavy atom. The summed E-state index contributed by atoms with van der Waals surface area (Å²) in [6.45, 7) is 5.40. The Kier molecular flexibility index (Phi) is 2.52. The molecular weight excluding hydrogens is 140 g/mol. The molecule has 1 rings (SSSR count). The molecule has 2 N–H and O–H groups in total. The highest BCUT2D eigenvalue weighted by Gasteiger charge is 2.29. The molecule has 62 valence electrons. The van der Waals surface area contributed by atoms with Crippen molar-refractivity contribution >= 4 is 5.91 Å². The van der Waals surface area contributed by atoms with Crippen LogP contribution >= 0.6 is 0 Å². The summed E-state index contributed by atoms with van der Waals surface area (Å²) in [5.74, 6) is 0.441. The average molecular weight is 154 g/mol. The second kappa shape index (κ2) is 3.42. The Hall–Kier alpha value is -0.990. The largest absolute Gasteiger partial charge is 0.372 e. The molecule has 3 heteroatoms. The molecular formula is C8H14N2O. The molecule has 1 atom stereocenters. The first-order valence-corrected chi connectivity index (χ1v) is 3.91. The van der Waals surface area contributed by atoms with Crippen LogP contribution in [0.1, 0.15) is 19.8 Å². The maximum Gasteiger partial charge on any atom is 0.224 e. The third kappa shape index (κ3) is 2.62. The van der Waals surface area contributed by atoms with Crippen LogP contribution in [0.3, 0.4) is 0 Å². The highest BCUT2D eigenvalue weighted by molar-refractivity contribution is 5.81. The van der Waals surface area contributed by atoms with Gasteiger partial charge in [0.05, 0.1) is 6.17 Å². The lowest BCUT2D eigenvalue weighted by Crippen LogP contribution is -2.41. The first kappa shape index (κ1) is 8.11. The fraction of sp³-hybridized carbons (Fsp3) is 0.625. The molecule has 0 aliphatic heterocycles. The fourth-order valence-corrected chi connectivity index (χ4v) is 0.895. The van der Waals surface area contributed by atoms with E-state index in [1.165, 1.54) is 0 Å². The third-order valence-corrected chi connectivity index (χ3v) is 1.67.